The molecule has 0 N–H and O–H groups in total. The van der Waals surface area contributed by atoms with Crippen LogP contribution in [0.2, 0.25) is 0 Å². The van der Waals surface area contributed by atoms with Gasteiger partial charge in [0.1, 0.15) is 22.6 Å². The highest BCUT2D eigenvalue weighted by Gasteiger charge is 2.27. The first-order valence-corrected chi connectivity index (χ1v) is 12.7. The van der Waals surface area contributed by atoms with E-state index in [2.05, 4.69) is 14.6 Å². The predicted molar refractivity (Wildman–Crippen MR) is 141 cm³/mol. The predicted octanol–water partition coefficient (Wildman–Crippen LogP) is 4.65. The fourth-order valence-electron chi connectivity index (χ4n) is 4.63. The second kappa shape index (κ2) is 10.1. The third-order valence-electron chi connectivity index (χ3n) is 6.41. The van der Waals surface area contributed by atoms with Crippen LogP contribution in [-0.2, 0) is 14.2 Å². The van der Waals surface area contributed by atoms with Gasteiger partial charge in [-0.25, -0.2) is 19.6 Å². The van der Waals surface area contributed by atoms with E-state index in [1.165, 1.54) is 15.6 Å². The van der Waals surface area contributed by atoms with Crippen molar-refractivity contribution in [1.82, 2.24) is 24.1 Å². The molecule has 0 radical (unpaired) electrons. The first-order chi connectivity index (χ1) is 18.2. The standard InChI is InChI=1S/C27H32N6O5/c1-6-37-25(34)19-15-29-33-22(31(5)26(35)38-27(2,3)4)14-21(30-24(19)33)20-16-32(17-9-12-36-13-10-17)23-18(20)8-7-11-28-23/h7-8,11,14-17H,6,9-10,12-13H2,1-5H3. The number of hydrogen-bond acceptors (Lipinski definition) is 8. The van der Waals surface area contributed by atoms with Gasteiger partial charge in [-0.2, -0.15) is 9.61 Å². The van der Waals surface area contributed by atoms with Crippen molar-refractivity contribution in [3.05, 3.63) is 42.4 Å². The molecule has 5 rings (SSSR count). The molecule has 0 bridgehead atoms. The number of fused-ring (bicyclic) bond motifs is 2. The van der Waals surface area contributed by atoms with Crippen LogP contribution in [0.25, 0.3) is 27.9 Å². The molecule has 1 saturated heterocycles. The Morgan fingerprint density at radius 1 is 1.21 bits per heavy atom. The van der Waals surface area contributed by atoms with Crippen LogP contribution >= 0.6 is 0 Å². The Balaban J connectivity index is 1.70. The van der Waals surface area contributed by atoms with Crippen molar-refractivity contribution < 1.29 is 23.8 Å². The van der Waals surface area contributed by atoms with E-state index < -0.39 is 17.7 Å². The van der Waals surface area contributed by atoms with Crippen LogP contribution < -0.4 is 4.90 Å². The Morgan fingerprint density at radius 2 is 1.97 bits per heavy atom. The van der Waals surface area contributed by atoms with Gasteiger partial charge in [-0.05, 0) is 52.7 Å². The second-order valence-corrected chi connectivity index (χ2v) is 10.2. The van der Waals surface area contributed by atoms with E-state index in [0.717, 1.165) is 29.4 Å². The lowest BCUT2D eigenvalue weighted by molar-refractivity contribution is 0.0527. The first-order valence-electron chi connectivity index (χ1n) is 12.7. The van der Waals surface area contributed by atoms with Crippen molar-refractivity contribution in [3.63, 3.8) is 0 Å². The molecule has 4 aromatic rings. The maximum atomic E-state index is 13.0. The number of hydrogen-bond donors (Lipinski definition) is 0. The van der Waals surface area contributed by atoms with Gasteiger partial charge in [0.25, 0.3) is 0 Å². The van der Waals surface area contributed by atoms with Crippen LogP contribution in [-0.4, -0.2) is 68.7 Å². The highest BCUT2D eigenvalue weighted by Crippen LogP contribution is 2.35. The van der Waals surface area contributed by atoms with Gasteiger partial charge in [0.15, 0.2) is 5.65 Å². The smallest absolute Gasteiger partial charge is 0.415 e. The number of esters is 1. The lowest BCUT2D eigenvalue weighted by atomic mass is 10.1. The van der Waals surface area contributed by atoms with Gasteiger partial charge in [0.2, 0.25) is 0 Å². The SMILES string of the molecule is CCOC(=O)c1cnn2c(N(C)C(=O)OC(C)(C)C)cc(-c3cn(C4CCOCC4)c4ncccc34)nc12. The average molecular weight is 521 g/mol. The molecule has 11 nitrogen and oxygen atoms in total. The summed E-state index contributed by atoms with van der Waals surface area (Å²) in [7, 11) is 1.60. The summed E-state index contributed by atoms with van der Waals surface area (Å²) in [6, 6.07) is 5.90. The van der Waals surface area contributed by atoms with Gasteiger partial charge >= 0.3 is 12.1 Å². The fourth-order valence-corrected chi connectivity index (χ4v) is 4.63. The van der Waals surface area contributed by atoms with E-state index in [1.807, 2.05) is 18.3 Å². The van der Waals surface area contributed by atoms with Crippen LogP contribution in [0.3, 0.4) is 0 Å². The number of rotatable bonds is 5. The fraction of sp³-hybridized carbons (Fsp3) is 0.444. The summed E-state index contributed by atoms with van der Waals surface area (Å²) in [6.07, 6.45) is 6.43. The zero-order chi connectivity index (χ0) is 27.0. The van der Waals surface area contributed by atoms with Crippen molar-refractivity contribution in [3.8, 4) is 11.3 Å². The molecule has 1 aliphatic heterocycles. The van der Waals surface area contributed by atoms with Crippen LogP contribution in [0.5, 0.6) is 0 Å². The Morgan fingerprint density at radius 3 is 2.68 bits per heavy atom. The lowest BCUT2D eigenvalue weighted by Gasteiger charge is -2.25. The number of amides is 1. The third kappa shape index (κ3) is 4.81. The molecule has 38 heavy (non-hydrogen) atoms. The zero-order valence-corrected chi connectivity index (χ0v) is 22.3. The number of carbonyl (C=O) groups excluding carboxylic acids is 2. The first kappa shape index (κ1) is 25.7. The number of pyridine rings is 1. The molecule has 0 aromatic carbocycles. The minimum absolute atomic E-state index is 0.207. The highest BCUT2D eigenvalue weighted by atomic mass is 16.6. The van der Waals surface area contributed by atoms with Gasteiger partial charge in [0, 0.05) is 55.7 Å². The summed E-state index contributed by atoms with van der Waals surface area (Å²) >= 11 is 0. The van der Waals surface area contributed by atoms with Crippen molar-refractivity contribution >= 4 is 34.6 Å². The number of anilines is 1. The average Bonchev–Trinajstić information content (AvgIpc) is 3.49. The quantitative estimate of drug-likeness (QED) is 0.350. The molecule has 0 unspecified atom stereocenters. The topological polar surface area (TPSA) is 113 Å². The minimum atomic E-state index is -0.691. The zero-order valence-electron chi connectivity index (χ0n) is 22.3. The van der Waals surface area contributed by atoms with Gasteiger partial charge in [0.05, 0.1) is 18.5 Å². The summed E-state index contributed by atoms with van der Waals surface area (Å²) in [5, 5.41) is 5.29. The molecule has 4 aromatic heterocycles. The second-order valence-electron chi connectivity index (χ2n) is 10.2. The maximum Gasteiger partial charge on any atom is 0.415 e. The molecule has 200 valence electrons. The van der Waals surface area contributed by atoms with E-state index in [-0.39, 0.29) is 23.9 Å². The summed E-state index contributed by atoms with van der Waals surface area (Å²) in [5.41, 5.74) is 2.04. The van der Waals surface area contributed by atoms with Crippen LogP contribution in [0.4, 0.5) is 10.6 Å². The molecule has 11 heteroatoms. The molecule has 0 saturated carbocycles. The lowest BCUT2D eigenvalue weighted by Crippen LogP contribution is -2.35. The largest absolute Gasteiger partial charge is 0.462 e. The molecule has 5 heterocycles. The molecule has 0 spiro atoms. The van der Waals surface area contributed by atoms with Gasteiger partial charge in [-0.15, -0.1) is 0 Å². The molecule has 1 aliphatic rings. The Labute approximate surface area is 220 Å². The van der Waals surface area contributed by atoms with E-state index in [9.17, 15) is 9.59 Å². The maximum absolute atomic E-state index is 13.0. The molecule has 0 atom stereocenters. The Hall–Kier alpha value is -3.99. The highest BCUT2D eigenvalue weighted by molar-refractivity contribution is 5.99. The number of nitrogens with zero attached hydrogens (tertiary/aromatic N) is 6. The molecule has 1 amide bonds. The van der Waals surface area contributed by atoms with Gasteiger partial charge < -0.3 is 18.8 Å². The summed E-state index contributed by atoms with van der Waals surface area (Å²) in [4.78, 5) is 36.7. The number of carbonyl (C=O) groups is 2. The van der Waals surface area contributed by atoms with E-state index in [1.54, 1.807) is 47.0 Å². The van der Waals surface area contributed by atoms with E-state index in [0.29, 0.717) is 24.7 Å². The van der Waals surface area contributed by atoms with Crippen LogP contribution in [0.1, 0.15) is 56.9 Å². The Bertz CT molecular complexity index is 1500. The number of ether oxygens (including phenoxy) is 3. The Kier molecular flexibility index (Phi) is 6.78. The van der Waals surface area contributed by atoms with Crippen LogP contribution in [0.15, 0.2) is 36.8 Å². The minimum Gasteiger partial charge on any atom is -0.462 e. The summed E-state index contributed by atoms with van der Waals surface area (Å²) in [5.74, 6) is -0.144. The molecular formula is C27H32N6O5. The normalized spacial score (nSPS) is 14.7. The monoisotopic (exact) mass is 520 g/mol. The van der Waals surface area contributed by atoms with Crippen molar-refractivity contribution in [1.29, 1.82) is 0 Å². The summed E-state index contributed by atoms with van der Waals surface area (Å²) < 4.78 is 20.0. The van der Waals surface area contributed by atoms with E-state index >= 15 is 0 Å². The van der Waals surface area contributed by atoms with E-state index in [4.69, 9.17) is 19.2 Å². The van der Waals surface area contributed by atoms with Crippen molar-refractivity contribution in [2.75, 3.05) is 31.8 Å². The van der Waals surface area contributed by atoms with Gasteiger partial charge in [-0.3, -0.25) is 4.90 Å². The molecule has 1 fully saturated rings. The summed E-state index contributed by atoms with van der Waals surface area (Å²) in [6.45, 7) is 8.75. The van der Waals surface area contributed by atoms with Crippen molar-refractivity contribution in [2.24, 2.45) is 0 Å². The van der Waals surface area contributed by atoms with Crippen LogP contribution in [0, 0.1) is 0 Å². The number of aromatic nitrogens is 5. The van der Waals surface area contributed by atoms with Crippen molar-refractivity contribution in [2.45, 2.75) is 52.2 Å². The third-order valence-corrected chi connectivity index (χ3v) is 6.41. The van der Waals surface area contributed by atoms with Gasteiger partial charge in [-0.1, -0.05) is 0 Å². The molecular weight excluding hydrogens is 488 g/mol. The molecule has 0 aliphatic carbocycles.